The van der Waals surface area contributed by atoms with E-state index in [1.807, 2.05) is 6.07 Å². The second-order valence-corrected chi connectivity index (χ2v) is 6.41. The Morgan fingerprint density at radius 3 is 2.45 bits per heavy atom. The summed E-state index contributed by atoms with van der Waals surface area (Å²) in [7, 11) is 0. The molecule has 0 aliphatic carbocycles. The van der Waals surface area contributed by atoms with Crippen molar-refractivity contribution < 1.29 is 14.3 Å². The number of benzene rings is 1. The van der Waals surface area contributed by atoms with Gasteiger partial charge in [-0.3, -0.25) is 10.1 Å². The molecule has 1 rings (SSSR count). The number of amides is 1. The molecule has 0 saturated carbocycles. The Labute approximate surface area is 132 Å². The molecule has 0 spiro atoms. The summed E-state index contributed by atoms with van der Waals surface area (Å²) in [6.07, 6.45) is 0.927. The number of halogens is 1. The van der Waals surface area contributed by atoms with Crippen LogP contribution in [0.2, 0.25) is 0 Å². The fraction of sp³-hybridized carbons (Fsp3) is 0.333. The first-order chi connectivity index (χ1) is 9.23. The minimum absolute atomic E-state index is 0.209. The van der Waals surface area contributed by atoms with Crippen LogP contribution in [0.5, 0.6) is 0 Å². The van der Waals surface area contributed by atoms with Crippen LogP contribution < -0.4 is 5.32 Å². The lowest BCUT2D eigenvalue weighted by Crippen LogP contribution is -2.34. The third-order valence-electron chi connectivity index (χ3n) is 2.26. The summed E-state index contributed by atoms with van der Waals surface area (Å²) < 4.78 is 6.09. The van der Waals surface area contributed by atoms with Crippen molar-refractivity contribution in [3.05, 3.63) is 45.2 Å². The molecule has 1 amide bonds. The number of Topliss-reactive ketones (excluding diaryl/α,β-unsaturated/α-hetero) is 1. The fourth-order valence-corrected chi connectivity index (χ4v) is 2.00. The highest BCUT2D eigenvalue weighted by Gasteiger charge is 2.20. The molecule has 0 atom stereocenters. The highest BCUT2D eigenvalue weighted by atomic mass is 127. The zero-order valence-electron chi connectivity index (χ0n) is 12.0. The summed E-state index contributed by atoms with van der Waals surface area (Å²) in [4.78, 5) is 24.0. The second-order valence-electron chi connectivity index (χ2n) is 5.17. The number of carbonyl (C=O) groups excluding carboxylic acids is 2. The largest absolute Gasteiger partial charge is 0.444 e. The van der Waals surface area contributed by atoms with Crippen molar-refractivity contribution in [1.82, 2.24) is 5.32 Å². The normalized spacial score (nSPS) is 11.9. The van der Waals surface area contributed by atoms with Gasteiger partial charge in [-0.25, -0.2) is 4.79 Å². The molecule has 0 unspecified atom stereocenters. The summed E-state index contributed by atoms with van der Waals surface area (Å²) in [6, 6.07) is 7.18. The van der Waals surface area contributed by atoms with Crippen molar-refractivity contribution in [1.29, 1.82) is 0 Å². The molecular weight excluding hydrogens is 369 g/mol. The predicted molar refractivity (Wildman–Crippen MR) is 86.6 cm³/mol. The average molecular weight is 387 g/mol. The number of alkyl carbamates (subject to hydrolysis) is 1. The van der Waals surface area contributed by atoms with Gasteiger partial charge in [-0.15, -0.1) is 0 Å². The molecule has 1 N–H and O–H groups in total. The number of nitrogens with one attached hydrogen (secondary N) is 1. The molecule has 0 aromatic heterocycles. The third-order valence-corrected chi connectivity index (χ3v) is 2.93. The smallest absolute Gasteiger partial charge is 0.412 e. The van der Waals surface area contributed by atoms with Crippen LogP contribution in [-0.4, -0.2) is 17.5 Å². The van der Waals surface area contributed by atoms with E-state index < -0.39 is 11.7 Å². The van der Waals surface area contributed by atoms with Gasteiger partial charge in [0.2, 0.25) is 5.78 Å². The number of hydrogen-bond donors (Lipinski definition) is 1. The average Bonchev–Trinajstić information content (AvgIpc) is 2.33. The van der Waals surface area contributed by atoms with E-state index in [0.717, 1.165) is 3.57 Å². The van der Waals surface area contributed by atoms with Crippen LogP contribution in [0.15, 0.2) is 36.0 Å². The van der Waals surface area contributed by atoms with Crippen LogP contribution in [0, 0.1) is 3.57 Å². The van der Waals surface area contributed by atoms with Gasteiger partial charge in [0, 0.05) is 9.13 Å². The molecule has 20 heavy (non-hydrogen) atoms. The lowest BCUT2D eigenvalue weighted by atomic mass is 10.1. The maximum Gasteiger partial charge on any atom is 0.412 e. The number of ketones is 1. The van der Waals surface area contributed by atoms with E-state index in [-0.39, 0.29) is 11.5 Å². The van der Waals surface area contributed by atoms with Crippen LogP contribution >= 0.6 is 22.6 Å². The zero-order valence-corrected chi connectivity index (χ0v) is 14.1. The van der Waals surface area contributed by atoms with Gasteiger partial charge in [-0.05, 0) is 62.4 Å². The molecule has 1 aromatic rings. The van der Waals surface area contributed by atoms with Crippen molar-refractivity contribution >= 4 is 34.5 Å². The highest BCUT2D eigenvalue weighted by Crippen LogP contribution is 2.12. The van der Waals surface area contributed by atoms with E-state index in [9.17, 15) is 9.59 Å². The predicted octanol–water partition coefficient (Wildman–Crippen LogP) is 3.90. The monoisotopic (exact) mass is 387 g/mol. The molecule has 0 aliphatic heterocycles. The van der Waals surface area contributed by atoms with Gasteiger partial charge in [0.1, 0.15) is 5.60 Å². The molecule has 0 radical (unpaired) electrons. The third kappa shape index (κ3) is 5.32. The summed E-state index contributed by atoms with van der Waals surface area (Å²) in [5, 5.41) is 2.49. The number of hydrogen-bond acceptors (Lipinski definition) is 3. The molecule has 5 heteroatoms. The summed E-state index contributed by atoms with van der Waals surface area (Å²) in [5.74, 6) is -0.239. The molecule has 4 nitrogen and oxygen atoms in total. The van der Waals surface area contributed by atoms with Crippen LogP contribution in [0.3, 0.4) is 0 Å². The maximum atomic E-state index is 12.3. The van der Waals surface area contributed by atoms with Gasteiger partial charge in [0.15, 0.2) is 0 Å². The van der Waals surface area contributed by atoms with Crippen LogP contribution in [0.25, 0.3) is 0 Å². The van der Waals surface area contributed by atoms with E-state index in [1.165, 1.54) is 0 Å². The van der Waals surface area contributed by atoms with Gasteiger partial charge >= 0.3 is 6.09 Å². The van der Waals surface area contributed by atoms with Gasteiger partial charge in [-0.2, -0.15) is 0 Å². The second kappa shape index (κ2) is 6.88. The van der Waals surface area contributed by atoms with Crippen molar-refractivity contribution in [2.75, 3.05) is 0 Å². The molecule has 0 bridgehead atoms. The van der Waals surface area contributed by atoms with Gasteiger partial charge in [0.05, 0.1) is 5.70 Å². The topological polar surface area (TPSA) is 55.4 Å². The molecule has 0 aliphatic rings. The van der Waals surface area contributed by atoms with Gasteiger partial charge in [0.25, 0.3) is 0 Å². The van der Waals surface area contributed by atoms with Gasteiger partial charge in [-0.1, -0.05) is 18.2 Å². The standard InChI is InChI=1S/C15H18INO3/c1-5-12(17-14(19)20-15(2,3)4)13(18)10-7-6-8-11(16)9-10/h5-9H,1-4H3,(H,17,19)/b12-5-. The van der Waals surface area contributed by atoms with E-state index in [0.29, 0.717) is 5.56 Å². The first-order valence-electron chi connectivity index (χ1n) is 6.19. The summed E-state index contributed by atoms with van der Waals surface area (Å²) in [6.45, 7) is 6.99. The summed E-state index contributed by atoms with van der Waals surface area (Å²) >= 11 is 2.13. The Bertz CT molecular complexity index is 544. The Morgan fingerprint density at radius 2 is 1.95 bits per heavy atom. The molecule has 0 heterocycles. The molecular formula is C15H18INO3. The highest BCUT2D eigenvalue weighted by molar-refractivity contribution is 14.1. The minimum atomic E-state index is -0.635. The van der Waals surface area contributed by atoms with E-state index in [4.69, 9.17) is 4.74 Å². The Hall–Kier alpha value is -1.37. The molecule has 0 saturated heterocycles. The molecule has 108 valence electrons. The van der Waals surface area contributed by atoms with E-state index in [2.05, 4.69) is 27.9 Å². The quantitative estimate of drug-likeness (QED) is 0.486. The number of allylic oxidation sites excluding steroid dienone is 2. The lowest BCUT2D eigenvalue weighted by Gasteiger charge is -2.20. The van der Waals surface area contributed by atoms with Gasteiger partial charge < -0.3 is 4.74 Å². The Kier molecular flexibility index (Phi) is 5.74. The van der Waals surface area contributed by atoms with Crippen molar-refractivity contribution in [3.8, 4) is 0 Å². The van der Waals surface area contributed by atoms with E-state index >= 15 is 0 Å². The first kappa shape index (κ1) is 16.7. The fourth-order valence-electron chi connectivity index (χ4n) is 1.46. The minimum Gasteiger partial charge on any atom is -0.444 e. The van der Waals surface area contributed by atoms with Crippen LogP contribution in [0.1, 0.15) is 38.1 Å². The lowest BCUT2D eigenvalue weighted by molar-refractivity contribution is 0.0539. The van der Waals surface area contributed by atoms with Crippen molar-refractivity contribution in [2.45, 2.75) is 33.3 Å². The van der Waals surface area contributed by atoms with Crippen LogP contribution in [-0.2, 0) is 4.74 Å². The SMILES string of the molecule is C/C=C(\NC(=O)OC(C)(C)C)C(=O)c1cccc(I)c1. The number of ether oxygens (including phenoxy) is 1. The molecule has 1 aromatic carbocycles. The number of carbonyl (C=O) groups is 2. The zero-order chi connectivity index (χ0) is 15.3. The van der Waals surface area contributed by atoms with E-state index in [1.54, 1.807) is 52.0 Å². The Balaban J connectivity index is 2.82. The summed E-state index contributed by atoms with van der Waals surface area (Å²) in [5.41, 5.74) is 0.135. The van der Waals surface area contributed by atoms with Crippen LogP contribution in [0.4, 0.5) is 4.79 Å². The van der Waals surface area contributed by atoms with Crippen molar-refractivity contribution in [2.24, 2.45) is 0 Å². The Morgan fingerprint density at radius 1 is 1.30 bits per heavy atom. The first-order valence-corrected chi connectivity index (χ1v) is 7.27. The molecule has 0 fully saturated rings. The maximum absolute atomic E-state index is 12.3. The van der Waals surface area contributed by atoms with Crippen molar-refractivity contribution in [3.63, 3.8) is 0 Å². The number of rotatable bonds is 3.